The van der Waals surface area contributed by atoms with E-state index in [1.807, 2.05) is 4.90 Å². The van der Waals surface area contributed by atoms with Crippen LogP contribution >= 0.6 is 12.2 Å². The van der Waals surface area contributed by atoms with E-state index < -0.39 is 10.0 Å². The second-order valence-electron chi connectivity index (χ2n) is 6.00. The van der Waals surface area contributed by atoms with Gasteiger partial charge in [-0.3, -0.25) is 0 Å². The van der Waals surface area contributed by atoms with Gasteiger partial charge in [0.15, 0.2) is 5.11 Å². The zero-order valence-electron chi connectivity index (χ0n) is 14.8. The fraction of sp³-hybridized carbons (Fsp3) is 0.278. The van der Waals surface area contributed by atoms with Crippen LogP contribution in [0.1, 0.15) is 0 Å². The molecule has 2 aromatic carbocycles. The van der Waals surface area contributed by atoms with E-state index in [2.05, 4.69) is 5.32 Å². The Kier molecular flexibility index (Phi) is 5.93. The van der Waals surface area contributed by atoms with E-state index in [1.54, 1.807) is 36.4 Å². The van der Waals surface area contributed by atoms with E-state index in [0.29, 0.717) is 42.7 Å². The molecule has 3 rings (SSSR count). The lowest BCUT2D eigenvalue weighted by Crippen LogP contribution is -2.51. The molecule has 0 amide bonds. The summed E-state index contributed by atoms with van der Waals surface area (Å²) >= 11 is 5.38. The Hall–Kier alpha value is -2.23. The maximum Gasteiger partial charge on any atom is 0.243 e. The molecule has 1 saturated heterocycles. The second-order valence-corrected chi connectivity index (χ2v) is 8.33. The van der Waals surface area contributed by atoms with Gasteiger partial charge in [-0.25, -0.2) is 12.8 Å². The third-order valence-electron chi connectivity index (χ3n) is 4.32. The van der Waals surface area contributed by atoms with Crippen LogP contribution in [-0.4, -0.2) is 56.0 Å². The zero-order chi connectivity index (χ0) is 19.4. The van der Waals surface area contributed by atoms with Crippen LogP contribution in [0, 0.1) is 5.82 Å². The van der Waals surface area contributed by atoms with E-state index >= 15 is 0 Å². The number of nitrogens with one attached hydrogen (secondary N) is 1. The minimum absolute atomic E-state index is 0.240. The SMILES string of the molecule is COc1ccc(S(=O)(=O)N2CCN(C(=S)Nc3ccc(F)cc3)CC2)cc1. The van der Waals surface area contributed by atoms with Gasteiger partial charge in [-0.05, 0) is 60.7 Å². The van der Waals surface area contributed by atoms with Crippen molar-refractivity contribution in [3.05, 3.63) is 54.3 Å². The topological polar surface area (TPSA) is 61.9 Å². The van der Waals surface area contributed by atoms with Gasteiger partial charge >= 0.3 is 0 Å². The first-order chi connectivity index (χ1) is 12.9. The van der Waals surface area contributed by atoms with Gasteiger partial charge in [-0.15, -0.1) is 0 Å². The van der Waals surface area contributed by atoms with Crippen molar-refractivity contribution in [1.29, 1.82) is 0 Å². The standard InChI is InChI=1S/C18H20FN3O3S2/c1-25-16-6-8-17(9-7-16)27(23,24)22-12-10-21(11-13-22)18(26)20-15-4-2-14(19)3-5-15/h2-9H,10-13H2,1H3,(H,20,26). The first-order valence-corrected chi connectivity index (χ1v) is 10.2. The molecule has 1 heterocycles. The van der Waals surface area contributed by atoms with Crippen LogP contribution in [0.2, 0.25) is 0 Å². The van der Waals surface area contributed by atoms with Crippen molar-refractivity contribution in [1.82, 2.24) is 9.21 Å². The molecule has 0 saturated carbocycles. The highest BCUT2D eigenvalue weighted by Gasteiger charge is 2.29. The van der Waals surface area contributed by atoms with Gasteiger partial charge in [0.2, 0.25) is 10.0 Å². The van der Waals surface area contributed by atoms with Gasteiger partial charge in [-0.1, -0.05) is 0 Å². The van der Waals surface area contributed by atoms with Crippen molar-refractivity contribution >= 4 is 33.0 Å². The number of sulfonamides is 1. The van der Waals surface area contributed by atoms with Crippen LogP contribution in [0.15, 0.2) is 53.4 Å². The molecule has 1 N–H and O–H groups in total. The lowest BCUT2D eigenvalue weighted by atomic mass is 10.3. The monoisotopic (exact) mass is 409 g/mol. The summed E-state index contributed by atoms with van der Waals surface area (Å²) in [6.07, 6.45) is 0. The molecule has 1 fully saturated rings. The van der Waals surface area contributed by atoms with Gasteiger partial charge in [0.1, 0.15) is 11.6 Å². The largest absolute Gasteiger partial charge is 0.497 e. The number of piperazine rings is 1. The van der Waals surface area contributed by atoms with Gasteiger partial charge in [0.25, 0.3) is 0 Å². The second kappa shape index (κ2) is 8.20. The molecular weight excluding hydrogens is 389 g/mol. The number of halogens is 1. The van der Waals surface area contributed by atoms with Crippen LogP contribution in [-0.2, 0) is 10.0 Å². The van der Waals surface area contributed by atoms with Gasteiger partial charge in [-0.2, -0.15) is 4.31 Å². The van der Waals surface area contributed by atoms with E-state index in [-0.39, 0.29) is 10.7 Å². The Bertz CT molecular complexity index is 894. The minimum atomic E-state index is -3.55. The lowest BCUT2D eigenvalue weighted by molar-refractivity contribution is 0.268. The summed E-state index contributed by atoms with van der Waals surface area (Å²) in [4.78, 5) is 2.14. The highest BCUT2D eigenvalue weighted by molar-refractivity contribution is 7.89. The van der Waals surface area contributed by atoms with Gasteiger partial charge < -0.3 is 15.0 Å². The van der Waals surface area contributed by atoms with Crippen molar-refractivity contribution in [2.24, 2.45) is 0 Å². The Labute approximate surface area is 163 Å². The molecule has 0 radical (unpaired) electrons. The molecular formula is C18H20FN3O3S2. The number of ether oxygens (including phenoxy) is 1. The fourth-order valence-corrected chi connectivity index (χ4v) is 4.49. The molecule has 1 aliphatic heterocycles. The molecule has 0 aliphatic carbocycles. The molecule has 9 heteroatoms. The fourth-order valence-electron chi connectivity index (χ4n) is 2.76. The quantitative estimate of drug-likeness (QED) is 0.783. The summed E-state index contributed by atoms with van der Waals surface area (Å²) in [5, 5.41) is 3.53. The van der Waals surface area contributed by atoms with Crippen LogP contribution in [0.4, 0.5) is 10.1 Å². The number of thiocarbonyl (C=S) groups is 1. The van der Waals surface area contributed by atoms with E-state index in [1.165, 1.54) is 23.5 Å². The van der Waals surface area contributed by atoms with Crippen molar-refractivity contribution in [2.45, 2.75) is 4.90 Å². The summed E-state index contributed by atoms with van der Waals surface area (Å²) in [5.74, 6) is 0.291. The first kappa shape index (κ1) is 19.5. The van der Waals surface area contributed by atoms with Crippen molar-refractivity contribution < 1.29 is 17.5 Å². The van der Waals surface area contributed by atoms with Crippen LogP contribution in [0.3, 0.4) is 0 Å². The maximum atomic E-state index is 13.0. The average molecular weight is 410 g/mol. The number of hydrogen-bond donors (Lipinski definition) is 1. The van der Waals surface area contributed by atoms with Gasteiger partial charge in [0, 0.05) is 31.9 Å². The molecule has 0 atom stereocenters. The summed E-state index contributed by atoms with van der Waals surface area (Å²) in [6.45, 7) is 1.62. The maximum absolute atomic E-state index is 13.0. The number of benzene rings is 2. The van der Waals surface area contributed by atoms with E-state index in [0.717, 1.165) is 0 Å². The third-order valence-corrected chi connectivity index (χ3v) is 6.59. The highest BCUT2D eigenvalue weighted by atomic mass is 32.2. The Morgan fingerprint density at radius 3 is 2.19 bits per heavy atom. The number of anilines is 1. The number of methoxy groups -OCH3 is 1. The normalized spacial score (nSPS) is 15.4. The molecule has 0 aromatic heterocycles. The molecule has 6 nitrogen and oxygen atoms in total. The molecule has 0 spiro atoms. The molecule has 0 unspecified atom stereocenters. The molecule has 144 valence electrons. The summed E-state index contributed by atoms with van der Waals surface area (Å²) in [7, 11) is -2.02. The Morgan fingerprint density at radius 2 is 1.63 bits per heavy atom. The smallest absolute Gasteiger partial charge is 0.243 e. The average Bonchev–Trinajstić information content (AvgIpc) is 2.70. The summed E-state index contributed by atoms with van der Waals surface area (Å²) in [6, 6.07) is 12.3. The minimum Gasteiger partial charge on any atom is -0.497 e. The Balaban J connectivity index is 1.60. The molecule has 2 aromatic rings. The summed E-state index contributed by atoms with van der Waals surface area (Å²) < 4.78 is 45.0. The lowest BCUT2D eigenvalue weighted by Gasteiger charge is -2.35. The van der Waals surface area contributed by atoms with E-state index in [9.17, 15) is 12.8 Å². The van der Waals surface area contributed by atoms with Crippen molar-refractivity contribution in [3.8, 4) is 5.75 Å². The zero-order valence-corrected chi connectivity index (χ0v) is 16.4. The van der Waals surface area contributed by atoms with Crippen LogP contribution in [0.25, 0.3) is 0 Å². The predicted octanol–water partition coefficient (Wildman–Crippen LogP) is 2.54. The number of hydrogen-bond acceptors (Lipinski definition) is 4. The highest BCUT2D eigenvalue weighted by Crippen LogP contribution is 2.21. The first-order valence-electron chi connectivity index (χ1n) is 8.36. The molecule has 27 heavy (non-hydrogen) atoms. The van der Waals surface area contributed by atoms with E-state index in [4.69, 9.17) is 17.0 Å². The molecule has 0 bridgehead atoms. The number of nitrogens with zero attached hydrogens (tertiary/aromatic N) is 2. The van der Waals surface area contributed by atoms with Crippen LogP contribution < -0.4 is 10.1 Å². The van der Waals surface area contributed by atoms with Crippen LogP contribution in [0.5, 0.6) is 5.75 Å². The number of rotatable bonds is 4. The van der Waals surface area contributed by atoms with Gasteiger partial charge in [0.05, 0.1) is 12.0 Å². The predicted molar refractivity (Wildman–Crippen MR) is 106 cm³/mol. The molecule has 1 aliphatic rings. The van der Waals surface area contributed by atoms with Crippen molar-refractivity contribution in [2.75, 3.05) is 38.6 Å². The summed E-state index contributed by atoms with van der Waals surface area (Å²) in [5.41, 5.74) is 0.690. The third kappa shape index (κ3) is 4.55. The van der Waals surface area contributed by atoms with Crippen molar-refractivity contribution in [3.63, 3.8) is 0 Å². The Morgan fingerprint density at radius 1 is 1.04 bits per heavy atom.